The van der Waals surface area contributed by atoms with E-state index in [1.165, 1.54) is 12.8 Å². The van der Waals surface area contributed by atoms with Crippen LogP contribution >= 0.6 is 0 Å². The summed E-state index contributed by atoms with van der Waals surface area (Å²) < 4.78 is 5.13. The Bertz CT molecular complexity index is 196. The van der Waals surface area contributed by atoms with Crippen LogP contribution in [0.2, 0.25) is 0 Å². The van der Waals surface area contributed by atoms with Crippen molar-refractivity contribution in [2.45, 2.75) is 45.6 Å². The molecule has 2 heteroatoms. The average Bonchev–Trinajstić information content (AvgIpc) is 2.41. The van der Waals surface area contributed by atoms with E-state index in [9.17, 15) is 4.79 Å². The van der Waals surface area contributed by atoms with Gasteiger partial charge in [0.25, 0.3) is 0 Å². The van der Waals surface area contributed by atoms with E-state index in [4.69, 9.17) is 4.74 Å². The molecule has 1 aliphatic heterocycles. The summed E-state index contributed by atoms with van der Waals surface area (Å²) in [6.45, 7) is 4.09. The molecule has 0 amide bonds. The van der Waals surface area contributed by atoms with E-state index in [0.717, 1.165) is 12.8 Å². The highest BCUT2D eigenvalue weighted by atomic mass is 16.5. The highest BCUT2D eigenvalue weighted by molar-refractivity contribution is 5.74. The summed E-state index contributed by atoms with van der Waals surface area (Å²) in [5.41, 5.74) is 0. The molecule has 0 aromatic heterocycles. The third-order valence-electron chi connectivity index (χ3n) is 2.33. The van der Waals surface area contributed by atoms with Crippen LogP contribution < -0.4 is 0 Å². The number of esters is 1. The molecule has 13 heavy (non-hydrogen) atoms. The molecule has 0 aliphatic carbocycles. The SMILES string of the molecule is CCCC/C=C/C1CC(C)C(=O)O1. The number of rotatable bonds is 4. The molecular weight excluding hydrogens is 164 g/mol. The van der Waals surface area contributed by atoms with Crippen LogP contribution in [0.5, 0.6) is 0 Å². The summed E-state index contributed by atoms with van der Waals surface area (Å²) in [7, 11) is 0. The number of ether oxygens (including phenoxy) is 1. The maximum Gasteiger partial charge on any atom is 0.309 e. The summed E-state index contributed by atoms with van der Waals surface area (Å²) in [6.07, 6.45) is 8.56. The minimum absolute atomic E-state index is 0.0411. The lowest BCUT2D eigenvalue weighted by Gasteiger charge is -2.00. The molecule has 1 heterocycles. The smallest absolute Gasteiger partial charge is 0.309 e. The summed E-state index contributed by atoms with van der Waals surface area (Å²) in [6, 6.07) is 0. The van der Waals surface area contributed by atoms with Gasteiger partial charge in [-0.05, 0) is 12.5 Å². The Kier molecular flexibility index (Phi) is 4.00. The van der Waals surface area contributed by atoms with Crippen LogP contribution in [0.4, 0.5) is 0 Å². The molecule has 2 unspecified atom stereocenters. The normalized spacial score (nSPS) is 28.3. The van der Waals surface area contributed by atoms with Crippen molar-refractivity contribution in [1.82, 2.24) is 0 Å². The standard InChI is InChI=1S/C11H18O2/c1-3-4-5-6-7-10-8-9(2)11(12)13-10/h6-7,9-10H,3-5,8H2,1-2H3/b7-6+. The topological polar surface area (TPSA) is 26.3 Å². The Labute approximate surface area is 80.0 Å². The number of hydrogen-bond donors (Lipinski definition) is 0. The van der Waals surface area contributed by atoms with E-state index in [1.807, 2.05) is 13.0 Å². The molecule has 0 saturated carbocycles. The number of allylic oxidation sites excluding steroid dienone is 1. The molecule has 0 bridgehead atoms. The van der Waals surface area contributed by atoms with E-state index in [0.29, 0.717) is 0 Å². The first-order valence-electron chi connectivity index (χ1n) is 5.11. The van der Waals surface area contributed by atoms with E-state index >= 15 is 0 Å². The van der Waals surface area contributed by atoms with Crippen molar-refractivity contribution in [3.63, 3.8) is 0 Å². The molecule has 74 valence electrons. The van der Waals surface area contributed by atoms with Crippen molar-refractivity contribution < 1.29 is 9.53 Å². The van der Waals surface area contributed by atoms with E-state index in [-0.39, 0.29) is 18.0 Å². The van der Waals surface area contributed by atoms with E-state index in [1.54, 1.807) is 0 Å². The Hall–Kier alpha value is -0.790. The fourth-order valence-electron chi connectivity index (χ4n) is 1.45. The first kappa shape index (κ1) is 10.3. The molecule has 2 atom stereocenters. The maximum atomic E-state index is 11.0. The van der Waals surface area contributed by atoms with Crippen molar-refractivity contribution in [1.29, 1.82) is 0 Å². The van der Waals surface area contributed by atoms with Crippen molar-refractivity contribution in [2.75, 3.05) is 0 Å². The zero-order chi connectivity index (χ0) is 9.68. The minimum Gasteiger partial charge on any atom is -0.458 e. The Morgan fingerprint density at radius 3 is 2.92 bits per heavy atom. The van der Waals surface area contributed by atoms with Crippen LogP contribution in [0.15, 0.2) is 12.2 Å². The van der Waals surface area contributed by atoms with Crippen LogP contribution in [0.3, 0.4) is 0 Å². The molecule has 1 rings (SSSR count). The average molecular weight is 182 g/mol. The number of cyclic esters (lactones) is 1. The second-order valence-corrected chi connectivity index (χ2v) is 3.68. The lowest BCUT2D eigenvalue weighted by atomic mass is 10.1. The van der Waals surface area contributed by atoms with Crippen LogP contribution in [-0.4, -0.2) is 12.1 Å². The van der Waals surface area contributed by atoms with Crippen LogP contribution in [0.25, 0.3) is 0 Å². The molecule has 1 fully saturated rings. The van der Waals surface area contributed by atoms with Gasteiger partial charge in [0, 0.05) is 6.42 Å². The largest absolute Gasteiger partial charge is 0.458 e. The second-order valence-electron chi connectivity index (χ2n) is 3.68. The van der Waals surface area contributed by atoms with Gasteiger partial charge in [0.2, 0.25) is 0 Å². The fourth-order valence-corrected chi connectivity index (χ4v) is 1.45. The Morgan fingerprint density at radius 2 is 2.38 bits per heavy atom. The zero-order valence-electron chi connectivity index (χ0n) is 8.45. The van der Waals surface area contributed by atoms with Crippen molar-refractivity contribution in [2.24, 2.45) is 5.92 Å². The highest BCUT2D eigenvalue weighted by Crippen LogP contribution is 2.21. The van der Waals surface area contributed by atoms with E-state index < -0.39 is 0 Å². The fraction of sp³-hybridized carbons (Fsp3) is 0.727. The summed E-state index contributed by atoms with van der Waals surface area (Å²) in [4.78, 5) is 11.0. The molecule has 0 aromatic rings. The van der Waals surface area contributed by atoms with Gasteiger partial charge in [0.05, 0.1) is 5.92 Å². The highest BCUT2D eigenvalue weighted by Gasteiger charge is 2.28. The summed E-state index contributed by atoms with van der Waals surface area (Å²) in [5, 5.41) is 0. The predicted octanol–water partition coefficient (Wildman–Crippen LogP) is 2.68. The monoisotopic (exact) mass is 182 g/mol. The van der Waals surface area contributed by atoms with Gasteiger partial charge >= 0.3 is 5.97 Å². The summed E-state index contributed by atoms with van der Waals surface area (Å²) >= 11 is 0. The molecule has 0 aromatic carbocycles. The quantitative estimate of drug-likeness (QED) is 0.379. The van der Waals surface area contributed by atoms with Crippen molar-refractivity contribution >= 4 is 5.97 Å². The molecule has 1 saturated heterocycles. The molecule has 0 radical (unpaired) electrons. The molecular formula is C11H18O2. The lowest BCUT2D eigenvalue weighted by Crippen LogP contribution is -2.03. The van der Waals surface area contributed by atoms with E-state index in [2.05, 4.69) is 13.0 Å². The van der Waals surface area contributed by atoms with Gasteiger partial charge in [0.1, 0.15) is 6.10 Å². The van der Waals surface area contributed by atoms with Crippen molar-refractivity contribution in [3.05, 3.63) is 12.2 Å². The Morgan fingerprint density at radius 1 is 1.62 bits per heavy atom. The Balaban J connectivity index is 2.23. The van der Waals surface area contributed by atoms with Gasteiger partial charge < -0.3 is 4.74 Å². The van der Waals surface area contributed by atoms with Gasteiger partial charge in [-0.2, -0.15) is 0 Å². The molecule has 1 aliphatic rings. The summed E-state index contributed by atoms with van der Waals surface area (Å²) in [5.74, 6) is 0.0333. The van der Waals surface area contributed by atoms with Gasteiger partial charge in [-0.25, -0.2) is 0 Å². The number of carbonyl (C=O) groups excluding carboxylic acids is 1. The number of hydrogen-bond acceptors (Lipinski definition) is 2. The zero-order valence-corrected chi connectivity index (χ0v) is 8.45. The van der Waals surface area contributed by atoms with Gasteiger partial charge in [-0.3, -0.25) is 4.79 Å². The van der Waals surface area contributed by atoms with Gasteiger partial charge in [-0.15, -0.1) is 0 Å². The lowest BCUT2D eigenvalue weighted by molar-refractivity contribution is -0.142. The van der Waals surface area contributed by atoms with Crippen LogP contribution in [-0.2, 0) is 9.53 Å². The third-order valence-corrected chi connectivity index (χ3v) is 2.33. The minimum atomic E-state index is -0.0508. The molecule has 0 spiro atoms. The maximum absolute atomic E-state index is 11.0. The van der Waals surface area contributed by atoms with Crippen LogP contribution in [0.1, 0.15) is 39.5 Å². The van der Waals surface area contributed by atoms with Gasteiger partial charge in [0.15, 0.2) is 0 Å². The predicted molar refractivity (Wildman–Crippen MR) is 52.3 cm³/mol. The van der Waals surface area contributed by atoms with Crippen LogP contribution in [0, 0.1) is 5.92 Å². The number of carbonyl (C=O) groups is 1. The molecule has 2 nitrogen and oxygen atoms in total. The third kappa shape index (κ3) is 3.21. The van der Waals surface area contributed by atoms with Gasteiger partial charge in [-0.1, -0.05) is 32.8 Å². The van der Waals surface area contributed by atoms with Crippen molar-refractivity contribution in [3.8, 4) is 0 Å². The second kappa shape index (κ2) is 5.05. The molecule has 0 N–H and O–H groups in total. The first-order chi connectivity index (χ1) is 6.24. The number of unbranched alkanes of at least 4 members (excludes halogenated alkanes) is 2. The first-order valence-corrected chi connectivity index (χ1v) is 5.11.